The lowest BCUT2D eigenvalue weighted by Crippen LogP contribution is -2.40. The second kappa shape index (κ2) is 12.6. The standard InChI is InChI=1S/C36H31N3O6S/c1-5-44-35(41)31-32(24-9-7-6-8-10-24)37-36-38(33(31)25-14-12-23(13-15-25)21(2)3)34(40)30(46-36)20-26-16-18-29(45-26)27-17-11-22(4)19-28(27)39(42)43/h6-21,33H,5H2,1-4H3/b30-20-/t33-/m1/s1. The molecule has 10 heteroatoms. The number of hydrogen-bond donors (Lipinski definition) is 0. The second-order valence-electron chi connectivity index (χ2n) is 11.2. The zero-order valence-corrected chi connectivity index (χ0v) is 26.5. The van der Waals surface area contributed by atoms with Crippen molar-refractivity contribution in [3.05, 3.63) is 148 Å². The van der Waals surface area contributed by atoms with Crippen LogP contribution >= 0.6 is 11.3 Å². The Balaban J connectivity index is 1.55. The highest BCUT2D eigenvalue weighted by Crippen LogP contribution is 2.36. The number of furan rings is 1. The summed E-state index contributed by atoms with van der Waals surface area (Å²) < 4.78 is 13.4. The molecule has 0 radical (unpaired) electrons. The molecule has 0 N–H and O–H groups in total. The van der Waals surface area contributed by atoms with E-state index in [1.807, 2.05) is 54.6 Å². The lowest BCUT2D eigenvalue weighted by atomic mass is 9.91. The molecule has 0 saturated carbocycles. The third kappa shape index (κ3) is 5.75. The highest BCUT2D eigenvalue weighted by atomic mass is 32.1. The van der Waals surface area contributed by atoms with Crippen LogP contribution in [0.1, 0.15) is 60.7 Å². The number of rotatable bonds is 8. The Hall–Kier alpha value is -5.35. The lowest BCUT2D eigenvalue weighted by Gasteiger charge is -2.26. The maximum absolute atomic E-state index is 14.2. The number of fused-ring (bicyclic) bond motifs is 1. The third-order valence-electron chi connectivity index (χ3n) is 7.81. The smallest absolute Gasteiger partial charge is 0.338 e. The molecule has 46 heavy (non-hydrogen) atoms. The molecule has 6 rings (SSSR count). The minimum atomic E-state index is -0.795. The first-order valence-corrected chi connectivity index (χ1v) is 15.7. The van der Waals surface area contributed by atoms with Crippen LogP contribution in [0.2, 0.25) is 0 Å². The van der Waals surface area contributed by atoms with Gasteiger partial charge in [0.1, 0.15) is 11.5 Å². The number of carbonyl (C=O) groups is 1. The van der Waals surface area contributed by atoms with Crippen LogP contribution in [0, 0.1) is 17.0 Å². The van der Waals surface area contributed by atoms with Crippen LogP contribution in [0.4, 0.5) is 5.69 Å². The molecule has 1 atom stereocenters. The van der Waals surface area contributed by atoms with Crippen LogP contribution < -0.4 is 14.9 Å². The van der Waals surface area contributed by atoms with Crippen molar-refractivity contribution in [1.82, 2.24) is 4.57 Å². The fourth-order valence-corrected chi connectivity index (χ4v) is 6.51. The minimum Gasteiger partial charge on any atom is -0.463 e. The molecule has 0 unspecified atom stereocenters. The van der Waals surface area contributed by atoms with Gasteiger partial charge in [0.2, 0.25) is 0 Å². The minimum absolute atomic E-state index is 0.0660. The first-order chi connectivity index (χ1) is 22.2. The number of nitro groups is 1. The fraction of sp³-hybridized carbons (Fsp3) is 0.194. The topological polar surface area (TPSA) is 117 Å². The van der Waals surface area contributed by atoms with Crippen molar-refractivity contribution in [2.45, 2.75) is 39.7 Å². The average Bonchev–Trinajstić information content (AvgIpc) is 3.64. The van der Waals surface area contributed by atoms with Gasteiger partial charge in [-0.25, -0.2) is 9.79 Å². The Morgan fingerprint density at radius 2 is 1.83 bits per heavy atom. The summed E-state index contributed by atoms with van der Waals surface area (Å²) in [6.07, 6.45) is 1.60. The van der Waals surface area contributed by atoms with Gasteiger partial charge in [-0.15, -0.1) is 0 Å². The molecule has 0 amide bonds. The molecule has 0 saturated heterocycles. The summed E-state index contributed by atoms with van der Waals surface area (Å²) in [7, 11) is 0. The van der Waals surface area contributed by atoms with Gasteiger partial charge in [0.25, 0.3) is 11.2 Å². The number of hydrogen-bond acceptors (Lipinski definition) is 8. The van der Waals surface area contributed by atoms with Crippen molar-refractivity contribution >= 4 is 34.8 Å². The Kier molecular flexibility index (Phi) is 8.38. The van der Waals surface area contributed by atoms with E-state index < -0.39 is 16.9 Å². The summed E-state index contributed by atoms with van der Waals surface area (Å²) in [5.41, 5.74) is 4.00. The number of aryl methyl sites for hydroxylation is 1. The van der Waals surface area contributed by atoms with Crippen LogP contribution in [0.5, 0.6) is 0 Å². The molecular weight excluding hydrogens is 602 g/mol. The van der Waals surface area contributed by atoms with E-state index >= 15 is 0 Å². The molecule has 3 heterocycles. The van der Waals surface area contributed by atoms with Gasteiger partial charge >= 0.3 is 5.97 Å². The van der Waals surface area contributed by atoms with Crippen molar-refractivity contribution < 1.29 is 18.9 Å². The fourth-order valence-electron chi connectivity index (χ4n) is 5.52. The van der Waals surface area contributed by atoms with Gasteiger partial charge < -0.3 is 9.15 Å². The zero-order chi connectivity index (χ0) is 32.5. The molecule has 9 nitrogen and oxygen atoms in total. The zero-order valence-electron chi connectivity index (χ0n) is 25.7. The van der Waals surface area contributed by atoms with E-state index in [0.29, 0.717) is 38.0 Å². The van der Waals surface area contributed by atoms with Gasteiger partial charge in [-0.05, 0) is 54.7 Å². The normalized spacial score (nSPS) is 14.7. The van der Waals surface area contributed by atoms with Gasteiger partial charge in [-0.3, -0.25) is 19.5 Å². The Morgan fingerprint density at radius 3 is 2.50 bits per heavy atom. The molecule has 232 valence electrons. The largest absolute Gasteiger partial charge is 0.463 e. The molecular formula is C36H31N3O6S. The Morgan fingerprint density at radius 1 is 1.09 bits per heavy atom. The molecule has 0 fully saturated rings. The lowest BCUT2D eigenvalue weighted by molar-refractivity contribution is -0.384. The average molecular weight is 634 g/mol. The predicted octanol–water partition coefficient (Wildman–Crippen LogP) is 6.54. The van der Waals surface area contributed by atoms with E-state index in [9.17, 15) is 19.7 Å². The quantitative estimate of drug-likeness (QED) is 0.109. The molecule has 2 aromatic heterocycles. The predicted molar refractivity (Wildman–Crippen MR) is 177 cm³/mol. The first-order valence-electron chi connectivity index (χ1n) is 14.9. The number of nitrogens with zero attached hydrogens (tertiary/aromatic N) is 3. The maximum Gasteiger partial charge on any atom is 0.338 e. The van der Waals surface area contributed by atoms with Gasteiger partial charge in [-0.2, -0.15) is 0 Å². The van der Waals surface area contributed by atoms with E-state index in [1.54, 1.807) is 44.2 Å². The molecule has 0 spiro atoms. The summed E-state index contributed by atoms with van der Waals surface area (Å²) in [5.74, 6) is 0.411. The van der Waals surface area contributed by atoms with E-state index in [2.05, 4.69) is 13.8 Å². The van der Waals surface area contributed by atoms with Gasteiger partial charge in [0.15, 0.2) is 4.80 Å². The summed E-state index contributed by atoms with van der Waals surface area (Å²) in [5, 5.41) is 11.7. The van der Waals surface area contributed by atoms with E-state index in [4.69, 9.17) is 14.1 Å². The molecule has 5 aromatic rings. The van der Waals surface area contributed by atoms with Crippen molar-refractivity contribution in [2.75, 3.05) is 6.61 Å². The van der Waals surface area contributed by atoms with E-state index in [0.717, 1.165) is 22.3 Å². The monoisotopic (exact) mass is 633 g/mol. The number of esters is 1. The number of ether oxygens (including phenoxy) is 1. The summed E-state index contributed by atoms with van der Waals surface area (Å²) in [4.78, 5) is 44.4. The van der Waals surface area contributed by atoms with Crippen molar-refractivity contribution in [1.29, 1.82) is 0 Å². The van der Waals surface area contributed by atoms with Crippen LogP contribution in [0.15, 0.2) is 105 Å². The van der Waals surface area contributed by atoms with Crippen molar-refractivity contribution in [3.8, 4) is 11.3 Å². The van der Waals surface area contributed by atoms with Crippen molar-refractivity contribution in [3.63, 3.8) is 0 Å². The van der Waals surface area contributed by atoms with Gasteiger partial charge in [0.05, 0.1) is 38.9 Å². The van der Waals surface area contributed by atoms with Crippen LogP contribution in [-0.2, 0) is 9.53 Å². The van der Waals surface area contributed by atoms with Gasteiger partial charge in [0, 0.05) is 17.7 Å². The number of benzene rings is 3. The van der Waals surface area contributed by atoms with Crippen LogP contribution in [0.3, 0.4) is 0 Å². The van der Waals surface area contributed by atoms with Crippen molar-refractivity contribution in [2.24, 2.45) is 4.99 Å². The number of aromatic nitrogens is 1. The molecule has 0 bridgehead atoms. The summed E-state index contributed by atoms with van der Waals surface area (Å²) in [6.45, 7) is 7.89. The van der Waals surface area contributed by atoms with E-state index in [1.165, 1.54) is 22.0 Å². The highest BCUT2D eigenvalue weighted by Gasteiger charge is 2.35. The maximum atomic E-state index is 14.2. The number of carbonyl (C=O) groups excluding carboxylic acids is 1. The highest BCUT2D eigenvalue weighted by molar-refractivity contribution is 7.07. The number of thiazole rings is 1. The van der Waals surface area contributed by atoms with Gasteiger partial charge in [-0.1, -0.05) is 85.8 Å². The molecule has 0 aliphatic carbocycles. The van der Waals surface area contributed by atoms with E-state index in [-0.39, 0.29) is 23.4 Å². The number of nitro benzene ring substituents is 1. The Labute approximate surface area is 268 Å². The molecule has 1 aliphatic heterocycles. The molecule has 3 aromatic carbocycles. The Bertz CT molecular complexity index is 2170. The molecule has 1 aliphatic rings. The summed E-state index contributed by atoms with van der Waals surface area (Å²) in [6, 6.07) is 24.7. The SMILES string of the molecule is CCOC(=O)C1=C(c2ccccc2)N=c2s/c(=C\c3ccc(-c4ccc(C)cc4[N+](=O)[O-])o3)c(=O)n2[C@@H]1c1ccc(C(C)C)cc1. The summed E-state index contributed by atoms with van der Waals surface area (Å²) >= 11 is 1.18. The second-order valence-corrected chi connectivity index (χ2v) is 12.2. The van der Waals surface area contributed by atoms with Crippen LogP contribution in [-0.4, -0.2) is 22.1 Å². The third-order valence-corrected chi connectivity index (χ3v) is 8.79. The van der Waals surface area contributed by atoms with Crippen LogP contribution in [0.25, 0.3) is 23.1 Å². The first kappa shape index (κ1) is 30.7.